The van der Waals surface area contributed by atoms with Crippen LogP contribution in [0, 0.1) is 0 Å². The summed E-state index contributed by atoms with van der Waals surface area (Å²) in [5.41, 5.74) is 8.11. The predicted octanol–water partition coefficient (Wildman–Crippen LogP) is 3.18. The maximum atomic E-state index is 5.80. The van der Waals surface area contributed by atoms with Crippen LogP contribution in [0.1, 0.15) is 32.1 Å². The lowest BCUT2D eigenvalue weighted by Crippen LogP contribution is -2.33. The Balaban J connectivity index is 1.88. The highest BCUT2D eigenvalue weighted by Crippen LogP contribution is 2.28. The Morgan fingerprint density at radius 1 is 1.28 bits per heavy atom. The van der Waals surface area contributed by atoms with Crippen LogP contribution in [0.5, 0.6) is 0 Å². The molecule has 2 aromatic rings. The van der Waals surface area contributed by atoms with Crippen molar-refractivity contribution in [1.82, 2.24) is 4.98 Å². The van der Waals surface area contributed by atoms with Crippen LogP contribution < -0.4 is 10.6 Å². The van der Waals surface area contributed by atoms with E-state index in [0.717, 1.165) is 11.1 Å². The van der Waals surface area contributed by atoms with E-state index in [0.29, 0.717) is 17.7 Å². The molecule has 0 atom stereocenters. The molecule has 1 heterocycles. The van der Waals surface area contributed by atoms with E-state index in [-0.39, 0.29) is 0 Å². The molecule has 4 nitrogen and oxygen atoms in total. The molecule has 1 aliphatic carbocycles. The van der Waals surface area contributed by atoms with Gasteiger partial charge in [-0.15, -0.1) is 0 Å². The van der Waals surface area contributed by atoms with Crippen molar-refractivity contribution in [2.45, 2.75) is 38.1 Å². The fraction of sp³-hybridized carbons (Fsp3) is 0.500. The number of nitrogen functional groups attached to an aromatic ring is 1. The minimum absolute atomic E-state index is 0.559. The zero-order valence-electron chi connectivity index (χ0n) is 10.7. The zero-order valence-corrected chi connectivity index (χ0v) is 10.7. The lowest BCUT2D eigenvalue weighted by atomic mass is 9.95. The van der Waals surface area contributed by atoms with E-state index in [2.05, 4.69) is 16.9 Å². The number of hydrogen-bond donors (Lipinski definition) is 1. The van der Waals surface area contributed by atoms with E-state index in [1.165, 1.54) is 32.1 Å². The molecule has 0 unspecified atom stereocenters. The Labute approximate surface area is 107 Å². The predicted molar refractivity (Wildman–Crippen MR) is 73.7 cm³/mol. The molecule has 1 saturated carbocycles. The number of benzene rings is 1. The Morgan fingerprint density at radius 2 is 2.06 bits per heavy atom. The molecule has 1 aromatic carbocycles. The Hall–Kier alpha value is -1.71. The Kier molecular flexibility index (Phi) is 2.86. The lowest BCUT2D eigenvalue weighted by Gasteiger charge is -2.29. The van der Waals surface area contributed by atoms with E-state index in [4.69, 9.17) is 10.2 Å². The highest BCUT2D eigenvalue weighted by molar-refractivity contribution is 5.78. The molecular weight excluding hydrogens is 226 g/mol. The van der Waals surface area contributed by atoms with E-state index in [1.54, 1.807) is 0 Å². The van der Waals surface area contributed by atoms with E-state index in [9.17, 15) is 0 Å². The summed E-state index contributed by atoms with van der Waals surface area (Å²) in [5.74, 6) is 0. The summed E-state index contributed by atoms with van der Waals surface area (Å²) in [5, 5.41) is 0. The molecule has 96 valence electrons. The van der Waals surface area contributed by atoms with Crippen LogP contribution in [0.15, 0.2) is 22.6 Å². The SMILES string of the molecule is CN(c1nc2ccc(N)cc2o1)C1CCCCC1. The lowest BCUT2D eigenvalue weighted by molar-refractivity contribution is 0.409. The Morgan fingerprint density at radius 3 is 2.83 bits per heavy atom. The fourth-order valence-corrected chi connectivity index (χ4v) is 2.70. The second kappa shape index (κ2) is 4.52. The van der Waals surface area contributed by atoms with Crippen molar-refractivity contribution in [3.05, 3.63) is 18.2 Å². The van der Waals surface area contributed by atoms with E-state index < -0.39 is 0 Å². The molecule has 1 aromatic heterocycles. The quantitative estimate of drug-likeness (QED) is 0.826. The zero-order chi connectivity index (χ0) is 12.5. The molecule has 18 heavy (non-hydrogen) atoms. The fourth-order valence-electron chi connectivity index (χ4n) is 2.70. The second-order valence-corrected chi connectivity index (χ2v) is 5.13. The summed E-state index contributed by atoms with van der Waals surface area (Å²) in [6, 6.07) is 6.87. The number of nitrogens with zero attached hydrogens (tertiary/aromatic N) is 2. The van der Waals surface area contributed by atoms with Gasteiger partial charge in [-0.2, -0.15) is 4.98 Å². The standard InChI is InChI=1S/C14H19N3O/c1-17(11-5-3-2-4-6-11)14-16-12-8-7-10(15)9-13(12)18-14/h7-9,11H,2-6,15H2,1H3. The number of anilines is 2. The van der Waals surface area contributed by atoms with Crippen LogP contribution in [-0.4, -0.2) is 18.1 Å². The first-order valence-electron chi connectivity index (χ1n) is 6.63. The summed E-state index contributed by atoms with van der Waals surface area (Å²) in [6.07, 6.45) is 6.44. The van der Waals surface area contributed by atoms with Crippen LogP contribution in [0.25, 0.3) is 11.1 Å². The summed E-state index contributed by atoms with van der Waals surface area (Å²) in [4.78, 5) is 6.71. The van der Waals surface area contributed by atoms with Crippen molar-refractivity contribution in [2.24, 2.45) is 0 Å². The average molecular weight is 245 g/mol. The summed E-state index contributed by atoms with van der Waals surface area (Å²) in [7, 11) is 2.07. The van der Waals surface area contributed by atoms with Gasteiger partial charge in [-0.1, -0.05) is 19.3 Å². The van der Waals surface area contributed by atoms with Gasteiger partial charge in [-0.05, 0) is 25.0 Å². The largest absolute Gasteiger partial charge is 0.423 e. The van der Waals surface area contributed by atoms with Crippen molar-refractivity contribution in [1.29, 1.82) is 0 Å². The monoisotopic (exact) mass is 245 g/mol. The van der Waals surface area contributed by atoms with Gasteiger partial charge in [-0.25, -0.2) is 0 Å². The first-order chi connectivity index (χ1) is 8.74. The van der Waals surface area contributed by atoms with Gasteiger partial charge < -0.3 is 15.1 Å². The number of aromatic nitrogens is 1. The van der Waals surface area contributed by atoms with Crippen molar-refractivity contribution in [3.8, 4) is 0 Å². The van der Waals surface area contributed by atoms with Gasteiger partial charge in [0.15, 0.2) is 5.58 Å². The van der Waals surface area contributed by atoms with Gasteiger partial charge >= 0.3 is 0 Å². The minimum atomic E-state index is 0.559. The number of oxazole rings is 1. The van der Waals surface area contributed by atoms with E-state index in [1.807, 2.05) is 18.2 Å². The van der Waals surface area contributed by atoms with Crippen LogP contribution in [0.2, 0.25) is 0 Å². The highest BCUT2D eigenvalue weighted by atomic mass is 16.4. The molecule has 1 fully saturated rings. The van der Waals surface area contributed by atoms with Gasteiger partial charge in [0.05, 0.1) is 0 Å². The normalized spacial score (nSPS) is 17.2. The molecule has 0 saturated heterocycles. The first kappa shape index (κ1) is 11.4. The van der Waals surface area contributed by atoms with Gasteiger partial charge in [0.1, 0.15) is 5.52 Å². The molecule has 0 radical (unpaired) electrons. The topological polar surface area (TPSA) is 55.3 Å². The maximum Gasteiger partial charge on any atom is 0.298 e. The van der Waals surface area contributed by atoms with Gasteiger partial charge in [-0.3, -0.25) is 0 Å². The van der Waals surface area contributed by atoms with Crippen LogP contribution in [-0.2, 0) is 0 Å². The van der Waals surface area contributed by atoms with E-state index >= 15 is 0 Å². The molecular formula is C14H19N3O. The second-order valence-electron chi connectivity index (χ2n) is 5.13. The number of rotatable bonds is 2. The van der Waals surface area contributed by atoms with Gasteiger partial charge in [0.2, 0.25) is 0 Å². The Bertz CT molecular complexity index is 543. The molecule has 0 amide bonds. The smallest absolute Gasteiger partial charge is 0.298 e. The van der Waals surface area contributed by atoms with Gasteiger partial charge in [0.25, 0.3) is 6.01 Å². The third-order valence-electron chi connectivity index (χ3n) is 3.83. The van der Waals surface area contributed by atoms with Crippen LogP contribution >= 0.6 is 0 Å². The number of fused-ring (bicyclic) bond motifs is 1. The molecule has 4 heteroatoms. The average Bonchev–Trinajstić information content (AvgIpc) is 2.81. The third-order valence-corrected chi connectivity index (χ3v) is 3.83. The maximum absolute atomic E-state index is 5.80. The summed E-state index contributed by atoms with van der Waals surface area (Å²) < 4.78 is 5.80. The molecule has 0 aliphatic heterocycles. The van der Waals surface area contributed by atoms with Crippen molar-refractivity contribution >= 4 is 22.8 Å². The van der Waals surface area contributed by atoms with Gasteiger partial charge in [0, 0.05) is 24.8 Å². The molecule has 1 aliphatic rings. The first-order valence-corrected chi connectivity index (χ1v) is 6.63. The summed E-state index contributed by atoms with van der Waals surface area (Å²) >= 11 is 0. The summed E-state index contributed by atoms with van der Waals surface area (Å²) in [6.45, 7) is 0. The molecule has 3 rings (SSSR count). The van der Waals surface area contributed by atoms with Crippen molar-refractivity contribution in [3.63, 3.8) is 0 Å². The van der Waals surface area contributed by atoms with Crippen LogP contribution in [0.4, 0.5) is 11.7 Å². The third kappa shape index (κ3) is 2.03. The number of nitrogens with two attached hydrogens (primary N) is 1. The molecule has 0 bridgehead atoms. The van der Waals surface area contributed by atoms with Crippen molar-refractivity contribution < 1.29 is 4.42 Å². The van der Waals surface area contributed by atoms with Crippen molar-refractivity contribution in [2.75, 3.05) is 17.7 Å². The molecule has 0 spiro atoms. The highest BCUT2D eigenvalue weighted by Gasteiger charge is 2.21. The number of hydrogen-bond acceptors (Lipinski definition) is 4. The van der Waals surface area contributed by atoms with Crippen LogP contribution in [0.3, 0.4) is 0 Å². The molecule has 2 N–H and O–H groups in total. The minimum Gasteiger partial charge on any atom is -0.423 e.